The van der Waals surface area contributed by atoms with Crippen LogP contribution in [0, 0.1) is 0 Å². The van der Waals surface area contributed by atoms with E-state index >= 15 is 0 Å². The van der Waals surface area contributed by atoms with E-state index < -0.39 is 0 Å². The first kappa shape index (κ1) is 18.8. The summed E-state index contributed by atoms with van der Waals surface area (Å²) in [5.41, 5.74) is 7.13. The molecule has 0 bridgehead atoms. The molecule has 4 N–H and O–H groups in total. The van der Waals surface area contributed by atoms with Gasteiger partial charge in [0, 0.05) is 30.9 Å². The fourth-order valence-corrected chi connectivity index (χ4v) is 3.36. The number of amides is 3. The van der Waals surface area contributed by atoms with Gasteiger partial charge >= 0.3 is 6.03 Å². The van der Waals surface area contributed by atoms with E-state index in [1.807, 2.05) is 0 Å². The van der Waals surface area contributed by atoms with E-state index in [4.69, 9.17) is 17.3 Å². The lowest BCUT2D eigenvalue weighted by Crippen LogP contribution is -2.49. The second-order valence-electron chi connectivity index (χ2n) is 6.08. The predicted octanol–water partition coefficient (Wildman–Crippen LogP) is 2.29. The molecule has 3 amide bonds. The number of nitrogens with one attached hydrogen (secondary N) is 2. The van der Waals surface area contributed by atoms with Crippen molar-refractivity contribution in [3.8, 4) is 0 Å². The van der Waals surface area contributed by atoms with E-state index in [-0.39, 0.29) is 36.4 Å². The van der Waals surface area contributed by atoms with Gasteiger partial charge in [-0.25, -0.2) is 4.79 Å². The van der Waals surface area contributed by atoms with Gasteiger partial charge in [0.2, 0.25) is 0 Å². The standard InChI is InChI=1S/C16H21ClN4O2.ClH/c17-12-6-5-10(21-8-7-19-16(21)23)9-11(12)15(22)20-14-4-2-1-3-13(14)18;/h5-6,9,13-14H,1-4,7-8,18H2,(H,19,23)(H,20,22);1H/t13-,14-;/m1./s1. The van der Waals surface area contributed by atoms with Crippen molar-refractivity contribution < 1.29 is 9.59 Å². The van der Waals surface area contributed by atoms with E-state index in [9.17, 15) is 9.59 Å². The number of rotatable bonds is 3. The summed E-state index contributed by atoms with van der Waals surface area (Å²) in [5.74, 6) is -0.237. The molecule has 1 aromatic rings. The van der Waals surface area contributed by atoms with Gasteiger partial charge in [0.25, 0.3) is 5.91 Å². The number of nitrogens with zero attached hydrogens (tertiary/aromatic N) is 1. The fraction of sp³-hybridized carbons (Fsp3) is 0.500. The Morgan fingerprint density at radius 3 is 2.75 bits per heavy atom. The van der Waals surface area contributed by atoms with Gasteiger partial charge in [-0.05, 0) is 31.0 Å². The quantitative estimate of drug-likeness (QED) is 0.760. The molecule has 1 heterocycles. The highest BCUT2D eigenvalue weighted by atomic mass is 35.5. The summed E-state index contributed by atoms with van der Waals surface area (Å²) >= 11 is 6.18. The number of nitrogens with two attached hydrogens (primary N) is 1. The molecule has 1 saturated carbocycles. The van der Waals surface area contributed by atoms with Crippen molar-refractivity contribution in [2.45, 2.75) is 37.8 Å². The molecule has 0 radical (unpaired) electrons. The summed E-state index contributed by atoms with van der Waals surface area (Å²) in [6.07, 6.45) is 3.99. The monoisotopic (exact) mass is 372 g/mol. The van der Waals surface area contributed by atoms with Crippen molar-refractivity contribution in [2.75, 3.05) is 18.0 Å². The van der Waals surface area contributed by atoms with Crippen LogP contribution in [0.5, 0.6) is 0 Å². The summed E-state index contributed by atoms with van der Waals surface area (Å²) in [6.45, 7) is 1.18. The van der Waals surface area contributed by atoms with Crippen molar-refractivity contribution in [2.24, 2.45) is 5.73 Å². The summed E-state index contributed by atoms with van der Waals surface area (Å²) < 4.78 is 0. The molecule has 1 aliphatic heterocycles. The molecule has 1 saturated heterocycles. The molecule has 6 nitrogen and oxygen atoms in total. The van der Waals surface area contributed by atoms with Crippen LogP contribution in [0.4, 0.5) is 10.5 Å². The molecule has 132 valence electrons. The Morgan fingerprint density at radius 1 is 1.33 bits per heavy atom. The van der Waals surface area contributed by atoms with Crippen molar-refractivity contribution in [3.63, 3.8) is 0 Å². The number of hydrogen-bond acceptors (Lipinski definition) is 3. The number of anilines is 1. The summed E-state index contributed by atoms with van der Waals surface area (Å²) in [6, 6.07) is 4.86. The number of benzene rings is 1. The number of urea groups is 1. The highest BCUT2D eigenvalue weighted by Gasteiger charge is 2.26. The van der Waals surface area contributed by atoms with Crippen LogP contribution in [0.15, 0.2) is 18.2 Å². The van der Waals surface area contributed by atoms with Crippen molar-refractivity contribution in [1.82, 2.24) is 10.6 Å². The van der Waals surface area contributed by atoms with Crippen LogP contribution in [0.2, 0.25) is 5.02 Å². The van der Waals surface area contributed by atoms with Crippen LogP contribution < -0.4 is 21.3 Å². The first-order valence-corrected chi connectivity index (χ1v) is 8.35. The highest BCUT2D eigenvalue weighted by Crippen LogP contribution is 2.25. The van der Waals surface area contributed by atoms with E-state index in [2.05, 4.69) is 10.6 Å². The average molecular weight is 373 g/mol. The molecule has 3 rings (SSSR count). The lowest BCUT2D eigenvalue weighted by atomic mass is 9.91. The van der Waals surface area contributed by atoms with E-state index in [1.165, 1.54) is 0 Å². The minimum atomic E-state index is -0.237. The average Bonchev–Trinajstić information content (AvgIpc) is 2.96. The van der Waals surface area contributed by atoms with Gasteiger partial charge in [0.15, 0.2) is 0 Å². The Labute approximate surface area is 152 Å². The lowest BCUT2D eigenvalue weighted by Gasteiger charge is -2.29. The van der Waals surface area contributed by atoms with Gasteiger partial charge in [-0.2, -0.15) is 0 Å². The Morgan fingerprint density at radius 2 is 2.08 bits per heavy atom. The Kier molecular flexibility index (Phi) is 6.32. The molecular formula is C16H22Cl2N4O2. The molecule has 2 aliphatic rings. The number of halogens is 2. The highest BCUT2D eigenvalue weighted by molar-refractivity contribution is 6.34. The SMILES string of the molecule is Cl.N[C@@H]1CCCC[C@H]1NC(=O)c1cc(N2CCNC2=O)ccc1Cl. The number of carbonyl (C=O) groups excluding carboxylic acids is 2. The molecule has 0 spiro atoms. The lowest BCUT2D eigenvalue weighted by molar-refractivity contribution is 0.0921. The van der Waals surface area contributed by atoms with Crippen LogP contribution in [-0.2, 0) is 0 Å². The maximum absolute atomic E-state index is 12.6. The smallest absolute Gasteiger partial charge is 0.321 e. The van der Waals surface area contributed by atoms with Crippen LogP contribution >= 0.6 is 24.0 Å². The molecular weight excluding hydrogens is 351 g/mol. The zero-order chi connectivity index (χ0) is 16.4. The summed E-state index contributed by atoms with van der Waals surface area (Å²) in [4.78, 5) is 25.9. The van der Waals surface area contributed by atoms with Gasteiger partial charge in [-0.15, -0.1) is 12.4 Å². The van der Waals surface area contributed by atoms with E-state index in [0.29, 0.717) is 29.4 Å². The Hall–Kier alpha value is -1.50. The normalized spacial score (nSPS) is 23.4. The maximum Gasteiger partial charge on any atom is 0.321 e. The molecule has 1 aliphatic carbocycles. The fourth-order valence-electron chi connectivity index (χ4n) is 3.16. The second-order valence-corrected chi connectivity index (χ2v) is 6.48. The Bertz CT molecular complexity index is 626. The van der Waals surface area contributed by atoms with Crippen LogP contribution in [0.1, 0.15) is 36.0 Å². The predicted molar refractivity (Wildman–Crippen MR) is 97.1 cm³/mol. The summed E-state index contributed by atoms with van der Waals surface area (Å²) in [5, 5.41) is 6.10. The van der Waals surface area contributed by atoms with E-state index in [0.717, 1.165) is 25.7 Å². The van der Waals surface area contributed by atoms with Crippen molar-refractivity contribution >= 4 is 41.6 Å². The van der Waals surface area contributed by atoms with Gasteiger partial charge < -0.3 is 16.4 Å². The van der Waals surface area contributed by atoms with Crippen LogP contribution in [-0.4, -0.2) is 37.1 Å². The van der Waals surface area contributed by atoms with Crippen molar-refractivity contribution in [3.05, 3.63) is 28.8 Å². The van der Waals surface area contributed by atoms with E-state index in [1.54, 1.807) is 23.1 Å². The molecule has 1 aromatic carbocycles. The van der Waals surface area contributed by atoms with Crippen LogP contribution in [0.3, 0.4) is 0 Å². The van der Waals surface area contributed by atoms with Gasteiger partial charge in [0.05, 0.1) is 10.6 Å². The minimum Gasteiger partial charge on any atom is -0.348 e. The third-order valence-corrected chi connectivity index (χ3v) is 4.83. The first-order valence-electron chi connectivity index (χ1n) is 7.97. The third-order valence-electron chi connectivity index (χ3n) is 4.50. The minimum absolute atomic E-state index is 0. The zero-order valence-corrected chi connectivity index (χ0v) is 14.8. The summed E-state index contributed by atoms with van der Waals surface area (Å²) in [7, 11) is 0. The largest absolute Gasteiger partial charge is 0.348 e. The first-order chi connectivity index (χ1) is 11.1. The number of hydrogen-bond donors (Lipinski definition) is 3. The maximum atomic E-state index is 12.6. The Balaban J connectivity index is 0.00000208. The molecule has 2 atom stereocenters. The zero-order valence-electron chi connectivity index (χ0n) is 13.3. The molecule has 24 heavy (non-hydrogen) atoms. The van der Waals surface area contributed by atoms with Gasteiger partial charge in [-0.1, -0.05) is 24.4 Å². The molecule has 0 unspecified atom stereocenters. The third kappa shape index (κ3) is 3.94. The van der Waals surface area contributed by atoms with Crippen molar-refractivity contribution in [1.29, 1.82) is 0 Å². The van der Waals surface area contributed by atoms with Gasteiger partial charge in [0.1, 0.15) is 0 Å². The van der Waals surface area contributed by atoms with Crippen LogP contribution in [0.25, 0.3) is 0 Å². The number of carbonyl (C=O) groups is 2. The molecule has 2 fully saturated rings. The van der Waals surface area contributed by atoms with Gasteiger partial charge in [-0.3, -0.25) is 9.69 Å². The second kappa shape index (κ2) is 8.05. The molecule has 8 heteroatoms. The molecule has 0 aromatic heterocycles. The topological polar surface area (TPSA) is 87.5 Å².